The van der Waals surface area contributed by atoms with E-state index >= 15 is 0 Å². The van der Waals surface area contributed by atoms with Crippen molar-refractivity contribution in [3.05, 3.63) is 59.0 Å². The number of nitrogens with one attached hydrogen (secondary N) is 1. The lowest BCUT2D eigenvalue weighted by Crippen LogP contribution is -2.15. The summed E-state index contributed by atoms with van der Waals surface area (Å²) in [5.74, 6) is 0.913. The van der Waals surface area contributed by atoms with Crippen LogP contribution >= 0.6 is 0 Å². The summed E-state index contributed by atoms with van der Waals surface area (Å²) in [6, 6.07) is 9.76. The fraction of sp³-hybridized carbons (Fsp3) is 0.300. The number of carbonyl (C=O) groups excluding carboxylic acids is 1. The molecule has 0 atom stereocenters. The third kappa shape index (κ3) is 3.32. The van der Waals surface area contributed by atoms with Crippen molar-refractivity contribution in [3.8, 4) is 0 Å². The molecule has 4 nitrogen and oxygen atoms in total. The second-order valence-electron chi connectivity index (χ2n) is 6.51. The lowest BCUT2D eigenvalue weighted by Gasteiger charge is -2.10. The van der Waals surface area contributed by atoms with Crippen LogP contribution in [0.1, 0.15) is 42.1 Å². The SMILES string of the molecule is Cc1cccc(NC(=O)Cc2coc3cc(C)c(C(C)C)cc23)n1. The number of fused-ring (bicyclic) bond motifs is 1. The van der Waals surface area contributed by atoms with Crippen LogP contribution in [0.3, 0.4) is 0 Å². The molecule has 1 N–H and O–H groups in total. The Bertz CT molecular complexity index is 894. The molecule has 0 aliphatic rings. The van der Waals surface area contributed by atoms with Crippen molar-refractivity contribution in [1.82, 2.24) is 4.98 Å². The molecule has 0 spiro atoms. The van der Waals surface area contributed by atoms with Crippen molar-refractivity contribution in [2.75, 3.05) is 5.32 Å². The minimum atomic E-state index is -0.0949. The molecule has 3 aromatic rings. The van der Waals surface area contributed by atoms with E-state index in [-0.39, 0.29) is 12.3 Å². The molecule has 1 aromatic carbocycles. The number of rotatable bonds is 4. The number of furan rings is 1. The molecule has 0 bridgehead atoms. The summed E-state index contributed by atoms with van der Waals surface area (Å²) >= 11 is 0. The monoisotopic (exact) mass is 322 g/mol. The van der Waals surface area contributed by atoms with Crippen LogP contribution in [0.25, 0.3) is 11.0 Å². The largest absolute Gasteiger partial charge is 0.464 e. The van der Waals surface area contributed by atoms with E-state index in [4.69, 9.17) is 4.42 Å². The minimum absolute atomic E-state index is 0.0949. The van der Waals surface area contributed by atoms with Gasteiger partial charge in [0, 0.05) is 16.6 Å². The number of amides is 1. The van der Waals surface area contributed by atoms with Crippen LogP contribution in [0.2, 0.25) is 0 Å². The maximum atomic E-state index is 12.3. The Hall–Kier alpha value is -2.62. The predicted molar refractivity (Wildman–Crippen MR) is 96.3 cm³/mol. The van der Waals surface area contributed by atoms with Gasteiger partial charge in [-0.3, -0.25) is 4.79 Å². The third-order valence-corrected chi connectivity index (χ3v) is 4.17. The summed E-state index contributed by atoms with van der Waals surface area (Å²) in [6.45, 7) is 8.33. The Balaban J connectivity index is 1.84. The summed E-state index contributed by atoms with van der Waals surface area (Å²) < 4.78 is 5.64. The Kier molecular flexibility index (Phi) is 4.38. The number of pyridine rings is 1. The van der Waals surface area contributed by atoms with E-state index in [0.717, 1.165) is 22.2 Å². The zero-order valence-corrected chi connectivity index (χ0v) is 14.5. The number of benzene rings is 1. The molecule has 3 rings (SSSR count). The fourth-order valence-electron chi connectivity index (χ4n) is 2.98. The number of hydrogen-bond donors (Lipinski definition) is 1. The zero-order valence-electron chi connectivity index (χ0n) is 14.5. The molecule has 4 heteroatoms. The Morgan fingerprint density at radius 1 is 1.25 bits per heavy atom. The first-order chi connectivity index (χ1) is 11.4. The van der Waals surface area contributed by atoms with Gasteiger partial charge in [-0.15, -0.1) is 0 Å². The molecule has 0 radical (unpaired) electrons. The summed E-state index contributed by atoms with van der Waals surface area (Å²) in [6.07, 6.45) is 1.95. The van der Waals surface area contributed by atoms with E-state index in [0.29, 0.717) is 11.7 Å². The summed E-state index contributed by atoms with van der Waals surface area (Å²) in [5, 5.41) is 3.85. The second-order valence-corrected chi connectivity index (χ2v) is 6.51. The highest BCUT2D eigenvalue weighted by Gasteiger charge is 2.14. The number of carbonyl (C=O) groups is 1. The van der Waals surface area contributed by atoms with Crippen LogP contribution in [0.4, 0.5) is 5.82 Å². The quantitative estimate of drug-likeness (QED) is 0.754. The van der Waals surface area contributed by atoms with Crippen molar-refractivity contribution in [1.29, 1.82) is 0 Å². The molecule has 2 aromatic heterocycles. The number of aryl methyl sites for hydroxylation is 2. The average molecular weight is 322 g/mol. The lowest BCUT2D eigenvalue weighted by atomic mass is 9.95. The van der Waals surface area contributed by atoms with Crippen LogP contribution in [0, 0.1) is 13.8 Å². The molecular formula is C20H22N2O2. The number of aromatic nitrogens is 1. The molecule has 0 unspecified atom stereocenters. The van der Waals surface area contributed by atoms with Gasteiger partial charge in [-0.2, -0.15) is 0 Å². The molecule has 0 fully saturated rings. The first-order valence-corrected chi connectivity index (χ1v) is 8.18. The maximum absolute atomic E-state index is 12.3. The smallest absolute Gasteiger partial charge is 0.230 e. The van der Waals surface area contributed by atoms with Crippen LogP contribution in [0.5, 0.6) is 0 Å². The van der Waals surface area contributed by atoms with Gasteiger partial charge in [0.25, 0.3) is 0 Å². The van der Waals surface area contributed by atoms with Crippen molar-refractivity contribution >= 4 is 22.7 Å². The molecule has 0 saturated carbocycles. The van der Waals surface area contributed by atoms with E-state index in [2.05, 4.69) is 37.1 Å². The number of anilines is 1. The summed E-state index contributed by atoms with van der Waals surface area (Å²) in [7, 11) is 0. The molecule has 0 aliphatic heterocycles. The Labute approximate surface area is 141 Å². The van der Waals surface area contributed by atoms with Crippen LogP contribution in [-0.2, 0) is 11.2 Å². The fourth-order valence-corrected chi connectivity index (χ4v) is 2.98. The summed E-state index contributed by atoms with van der Waals surface area (Å²) in [4.78, 5) is 16.6. The molecule has 2 heterocycles. The van der Waals surface area contributed by atoms with Crippen molar-refractivity contribution in [2.24, 2.45) is 0 Å². The van der Waals surface area contributed by atoms with Crippen LogP contribution in [-0.4, -0.2) is 10.9 Å². The van der Waals surface area contributed by atoms with Gasteiger partial charge in [0.2, 0.25) is 5.91 Å². The second kappa shape index (κ2) is 6.48. The predicted octanol–water partition coefficient (Wildman–Crippen LogP) is 4.75. The molecule has 24 heavy (non-hydrogen) atoms. The molecule has 0 saturated heterocycles. The Morgan fingerprint density at radius 2 is 2.04 bits per heavy atom. The maximum Gasteiger partial charge on any atom is 0.230 e. The summed E-state index contributed by atoms with van der Waals surface area (Å²) in [5.41, 5.74) is 5.10. The highest BCUT2D eigenvalue weighted by molar-refractivity contribution is 5.95. The number of nitrogens with zero attached hydrogens (tertiary/aromatic N) is 1. The number of hydrogen-bond acceptors (Lipinski definition) is 3. The van der Waals surface area contributed by atoms with E-state index in [1.54, 1.807) is 12.3 Å². The normalized spacial score (nSPS) is 11.2. The van der Waals surface area contributed by atoms with Crippen LogP contribution < -0.4 is 5.32 Å². The average Bonchev–Trinajstić information content (AvgIpc) is 2.88. The minimum Gasteiger partial charge on any atom is -0.464 e. The van der Waals surface area contributed by atoms with Gasteiger partial charge in [-0.1, -0.05) is 19.9 Å². The first kappa shape index (κ1) is 16.2. The highest BCUT2D eigenvalue weighted by atomic mass is 16.3. The lowest BCUT2D eigenvalue weighted by molar-refractivity contribution is -0.115. The Morgan fingerprint density at radius 3 is 2.75 bits per heavy atom. The van der Waals surface area contributed by atoms with Gasteiger partial charge < -0.3 is 9.73 Å². The van der Waals surface area contributed by atoms with Crippen LogP contribution in [0.15, 0.2) is 41.0 Å². The van der Waals surface area contributed by atoms with E-state index in [1.807, 2.05) is 25.1 Å². The van der Waals surface area contributed by atoms with Gasteiger partial charge in [0.15, 0.2) is 0 Å². The van der Waals surface area contributed by atoms with E-state index in [9.17, 15) is 4.79 Å². The molecular weight excluding hydrogens is 300 g/mol. The van der Waals surface area contributed by atoms with Gasteiger partial charge in [0.05, 0.1) is 12.7 Å². The third-order valence-electron chi connectivity index (χ3n) is 4.17. The van der Waals surface area contributed by atoms with Crippen molar-refractivity contribution in [3.63, 3.8) is 0 Å². The van der Waals surface area contributed by atoms with Gasteiger partial charge in [0.1, 0.15) is 11.4 Å². The molecule has 124 valence electrons. The van der Waals surface area contributed by atoms with E-state index < -0.39 is 0 Å². The highest BCUT2D eigenvalue weighted by Crippen LogP contribution is 2.29. The topological polar surface area (TPSA) is 55.1 Å². The van der Waals surface area contributed by atoms with Gasteiger partial charge in [-0.25, -0.2) is 4.98 Å². The zero-order chi connectivity index (χ0) is 17.3. The molecule has 1 amide bonds. The molecule has 0 aliphatic carbocycles. The van der Waals surface area contributed by atoms with Gasteiger partial charge >= 0.3 is 0 Å². The standard InChI is InChI=1S/C20H22N2O2/c1-12(2)16-10-17-15(11-24-18(17)8-13(16)3)9-20(23)22-19-7-5-6-14(4)21-19/h5-8,10-12H,9H2,1-4H3,(H,21,22,23). The van der Waals surface area contributed by atoms with E-state index in [1.165, 1.54) is 11.1 Å². The first-order valence-electron chi connectivity index (χ1n) is 8.18. The van der Waals surface area contributed by atoms with Crippen molar-refractivity contribution in [2.45, 2.75) is 40.0 Å². The van der Waals surface area contributed by atoms with Gasteiger partial charge in [-0.05, 0) is 55.2 Å². The van der Waals surface area contributed by atoms with Crippen molar-refractivity contribution < 1.29 is 9.21 Å².